The van der Waals surface area contributed by atoms with Crippen LogP contribution in [0, 0.1) is 5.92 Å². The van der Waals surface area contributed by atoms with Crippen LogP contribution >= 0.6 is 0 Å². The molecule has 3 aromatic rings. The number of aliphatic hydroxyl groups is 2. The third-order valence-electron chi connectivity index (χ3n) is 6.83. The van der Waals surface area contributed by atoms with Crippen LogP contribution in [0.3, 0.4) is 0 Å². The lowest BCUT2D eigenvalue weighted by molar-refractivity contribution is 0.0962. The van der Waals surface area contributed by atoms with Crippen LogP contribution < -0.4 is 4.72 Å². The number of carboxylic acid groups (broad SMARTS) is 1. The molecule has 3 rings (SSSR count). The Kier molecular flexibility index (Phi) is 12.1. The number of hydrogen-bond acceptors (Lipinski definition) is 6. The monoisotopic (exact) mass is 596 g/mol. The van der Waals surface area contributed by atoms with Crippen molar-refractivity contribution in [1.29, 1.82) is 0 Å². The fourth-order valence-corrected chi connectivity index (χ4v) is 5.70. The van der Waals surface area contributed by atoms with Crippen molar-refractivity contribution < 1.29 is 33.3 Å². The third kappa shape index (κ3) is 9.97. The number of amides is 2. The van der Waals surface area contributed by atoms with E-state index in [2.05, 4.69) is 4.72 Å². The van der Waals surface area contributed by atoms with E-state index in [9.17, 15) is 28.2 Å². The van der Waals surface area contributed by atoms with Crippen molar-refractivity contribution in [1.82, 2.24) is 9.62 Å². The van der Waals surface area contributed by atoms with Gasteiger partial charge in [-0.2, -0.15) is 0 Å². The van der Waals surface area contributed by atoms with E-state index in [1.807, 2.05) is 50.2 Å². The van der Waals surface area contributed by atoms with Gasteiger partial charge in [-0.25, -0.2) is 17.9 Å². The standard InChI is InChI=1S/C32H40N2O7S/c1-23(2)20-28-21-27(15-16-29(28)31(37)33-42(40,41)19-7-18-35)25-13-11-24(12-14-25)8-6-17-34(32(38)39)22-30(36)26-9-4-3-5-10-26/h3-5,9-16,21,23,30,35-36H,6-8,17-20,22H2,1-2H3,(H,33,37)(H,38,39)/t30-/m0/s1. The van der Waals surface area contributed by atoms with Gasteiger partial charge in [0.25, 0.3) is 5.91 Å². The van der Waals surface area contributed by atoms with Crippen molar-refractivity contribution in [2.75, 3.05) is 25.4 Å². The summed E-state index contributed by atoms with van der Waals surface area (Å²) in [5.74, 6) is -0.778. The molecule has 0 aliphatic heterocycles. The molecule has 4 N–H and O–H groups in total. The van der Waals surface area contributed by atoms with E-state index < -0.39 is 28.1 Å². The van der Waals surface area contributed by atoms with Crippen LogP contribution in [0.4, 0.5) is 4.79 Å². The Morgan fingerprint density at radius 2 is 1.60 bits per heavy atom. The van der Waals surface area contributed by atoms with Crippen LogP contribution in [0.25, 0.3) is 11.1 Å². The predicted molar refractivity (Wildman–Crippen MR) is 163 cm³/mol. The van der Waals surface area contributed by atoms with Crippen molar-refractivity contribution in [3.63, 3.8) is 0 Å². The summed E-state index contributed by atoms with van der Waals surface area (Å²) in [5, 5.41) is 28.9. The fourth-order valence-electron chi connectivity index (χ4n) is 4.70. The topological polar surface area (TPSA) is 144 Å². The Morgan fingerprint density at radius 1 is 0.929 bits per heavy atom. The second-order valence-electron chi connectivity index (χ2n) is 10.8. The Hall–Kier alpha value is -3.73. The van der Waals surface area contributed by atoms with Crippen LogP contribution in [0.2, 0.25) is 0 Å². The number of sulfonamides is 1. The van der Waals surface area contributed by atoms with Gasteiger partial charge in [0.15, 0.2) is 0 Å². The minimum atomic E-state index is -3.85. The van der Waals surface area contributed by atoms with E-state index in [1.54, 1.807) is 36.4 Å². The van der Waals surface area contributed by atoms with Crippen LogP contribution in [-0.2, 0) is 22.9 Å². The number of carbonyl (C=O) groups excluding carboxylic acids is 1. The molecule has 9 nitrogen and oxygen atoms in total. The van der Waals surface area contributed by atoms with Crippen LogP contribution in [0.1, 0.15) is 59.8 Å². The van der Waals surface area contributed by atoms with Gasteiger partial charge in [-0.15, -0.1) is 0 Å². The van der Waals surface area contributed by atoms with E-state index in [-0.39, 0.29) is 31.2 Å². The van der Waals surface area contributed by atoms with E-state index in [0.717, 1.165) is 22.3 Å². The van der Waals surface area contributed by atoms with E-state index in [4.69, 9.17) is 5.11 Å². The van der Waals surface area contributed by atoms with Gasteiger partial charge >= 0.3 is 6.09 Å². The van der Waals surface area contributed by atoms with Crippen LogP contribution in [0.15, 0.2) is 72.8 Å². The number of aryl methyl sites for hydroxylation is 1. The van der Waals surface area contributed by atoms with Crippen molar-refractivity contribution in [2.24, 2.45) is 5.92 Å². The number of hydrogen-bond donors (Lipinski definition) is 4. The quantitative estimate of drug-likeness (QED) is 0.200. The predicted octanol–water partition coefficient (Wildman–Crippen LogP) is 4.64. The van der Waals surface area contributed by atoms with Gasteiger partial charge in [-0.1, -0.05) is 80.6 Å². The molecule has 0 heterocycles. The van der Waals surface area contributed by atoms with Crippen molar-refractivity contribution in [3.8, 4) is 11.1 Å². The Labute approximate surface area is 247 Å². The Bertz CT molecular complexity index is 1420. The summed E-state index contributed by atoms with van der Waals surface area (Å²) in [7, 11) is -3.85. The molecule has 0 radical (unpaired) electrons. The summed E-state index contributed by atoms with van der Waals surface area (Å²) < 4.78 is 26.5. The molecule has 0 saturated carbocycles. The smallest absolute Gasteiger partial charge is 0.407 e. The second kappa shape index (κ2) is 15.5. The lowest BCUT2D eigenvalue weighted by atomic mass is 9.93. The molecule has 0 unspecified atom stereocenters. The van der Waals surface area contributed by atoms with Gasteiger partial charge in [0.05, 0.1) is 18.4 Å². The molecule has 226 valence electrons. The van der Waals surface area contributed by atoms with Gasteiger partial charge in [-0.3, -0.25) is 4.79 Å². The van der Waals surface area contributed by atoms with Gasteiger partial charge in [0, 0.05) is 18.7 Å². The molecular formula is C32H40N2O7S. The van der Waals surface area contributed by atoms with Crippen molar-refractivity contribution >= 4 is 22.0 Å². The van der Waals surface area contributed by atoms with Crippen molar-refractivity contribution in [2.45, 2.75) is 45.6 Å². The zero-order chi connectivity index (χ0) is 30.7. The largest absolute Gasteiger partial charge is 0.465 e. The SMILES string of the molecule is CC(C)Cc1cc(-c2ccc(CCCN(C[C@H](O)c3ccccc3)C(=O)O)cc2)ccc1C(=O)NS(=O)(=O)CCCO. The molecule has 0 fully saturated rings. The summed E-state index contributed by atoms with van der Waals surface area (Å²) in [6, 6.07) is 22.2. The minimum absolute atomic E-state index is 0.000394. The zero-order valence-corrected chi connectivity index (χ0v) is 24.9. The molecule has 10 heteroatoms. The zero-order valence-electron chi connectivity index (χ0n) is 24.1. The van der Waals surface area contributed by atoms with Gasteiger partial charge < -0.3 is 20.2 Å². The average Bonchev–Trinajstić information content (AvgIpc) is 2.95. The lowest BCUT2D eigenvalue weighted by Crippen LogP contribution is -2.34. The molecular weight excluding hydrogens is 556 g/mol. The van der Waals surface area contributed by atoms with E-state index in [1.165, 1.54) is 4.90 Å². The first-order chi connectivity index (χ1) is 20.0. The summed E-state index contributed by atoms with van der Waals surface area (Å²) in [6.07, 6.45) is -0.0755. The molecule has 0 bridgehead atoms. The highest BCUT2D eigenvalue weighted by Gasteiger charge is 2.20. The summed E-state index contributed by atoms with van der Waals surface area (Å²) >= 11 is 0. The fraction of sp³-hybridized carbons (Fsp3) is 0.375. The van der Waals surface area contributed by atoms with E-state index >= 15 is 0 Å². The van der Waals surface area contributed by atoms with E-state index in [0.29, 0.717) is 36.9 Å². The number of benzene rings is 3. The number of aliphatic hydroxyl groups excluding tert-OH is 2. The molecule has 0 spiro atoms. The molecule has 0 aromatic heterocycles. The molecule has 3 aromatic carbocycles. The molecule has 0 aliphatic rings. The van der Waals surface area contributed by atoms with Gasteiger partial charge in [-0.05, 0) is 65.5 Å². The highest BCUT2D eigenvalue weighted by atomic mass is 32.2. The molecule has 0 aliphatic carbocycles. The number of nitrogens with one attached hydrogen (secondary N) is 1. The van der Waals surface area contributed by atoms with Crippen molar-refractivity contribution in [3.05, 3.63) is 95.1 Å². The summed E-state index contributed by atoms with van der Waals surface area (Å²) in [5.41, 5.74) is 4.59. The Balaban J connectivity index is 1.66. The lowest BCUT2D eigenvalue weighted by Gasteiger charge is -2.22. The third-order valence-corrected chi connectivity index (χ3v) is 8.15. The first-order valence-corrected chi connectivity index (χ1v) is 15.7. The highest BCUT2D eigenvalue weighted by Crippen LogP contribution is 2.26. The molecule has 42 heavy (non-hydrogen) atoms. The molecule has 2 amide bonds. The molecule has 1 atom stereocenters. The van der Waals surface area contributed by atoms with Crippen LogP contribution in [0.5, 0.6) is 0 Å². The maximum atomic E-state index is 12.8. The normalized spacial score (nSPS) is 12.2. The minimum Gasteiger partial charge on any atom is -0.465 e. The van der Waals surface area contributed by atoms with Gasteiger partial charge in [0.2, 0.25) is 10.0 Å². The summed E-state index contributed by atoms with van der Waals surface area (Å²) in [6.45, 7) is 4.06. The average molecular weight is 597 g/mol. The molecule has 0 saturated heterocycles. The second-order valence-corrected chi connectivity index (χ2v) is 12.6. The number of rotatable bonds is 15. The number of nitrogens with zero attached hydrogens (tertiary/aromatic N) is 1. The highest BCUT2D eigenvalue weighted by molar-refractivity contribution is 7.90. The van der Waals surface area contributed by atoms with Gasteiger partial charge in [0.1, 0.15) is 0 Å². The maximum absolute atomic E-state index is 12.8. The first-order valence-electron chi connectivity index (χ1n) is 14.1. The van der Waals surface area contributed by atoms with Crippen LogP contribution in [-0.4, -0.2) is 66.1 Å². The number of carbonyl (C=O) groups is 2. The summed E-state index contributed by atoms with van der Waals surface area (Å²) in [4.78, 5) is 25.8. The maximum Gasteiger partial charge on any atom is 0.407 e. The first kappa shape index (κ1) is 32.8. The Morgan fingerprint density at radius 3 is 2.21 bits per heavy atom.